The fourth-order valence-corrected chi connectivity index (χ4v) is 3.38. The van der Waals surface area contributed by atoms with Gasteiger partial charge in [-0.15, -0.1) is 0 Å². The number of anilines is 2. The van der Waals surface area contributed by atoms with Crippen molar-refractivity contribution >= 4 is 23.2 Å². The van der Waals surface area contributed by atoms with E-state index in [1.807, 2.05) is 17.0 Å². The van der Waals surface area contributed by atoms with E-state index >= 15 is 0 Å². The Balaban J connectivity index is 1.36. The van der Waals surface area contributed by atoms with E-state index in [9.17, 15) is 18.4 Å². The van der Waals surface area contributed by atoms with Crippen molar-refractivity contribution in [3.05, 3.63) is 59.7 Å². The highest BCUT2D eigenvalue weighted by molar-refractivity contribution is 6.04. The average Bonchev–Trinajstić information content (AvgIpc) is 3.55. The molecule has 2 aromatic rings. The van der Waals surface area contributed by atoms with E-state index in [1.54, 1.807) is 12.1 Å². The first-order valence-corrected chi connectivity index (χ1v) is 9.41. The summed E-state index contributed by atoms with van der Waals surface area (Å²) in [5.41, 5.74) is 1.30. The standard InChI is InChI=1S/C21H21F2N3O2/c22-16-5-8-19(18(23)13-16)24-20(27)14-3-6-17(7-4-14)25-9-11-26(12-10-25)21(28)15-1-2-15/h3-8,13,15H,1-2,9-12H2,(H,24,27). The molecule has 2 amide bonds. The van der Waals surface area contributed by atoms with Crippen LogP contribution in [0.3, 0.4) is 0 Å². The van der Waals surface area contributed by atoms with Crippen molar-refractivity contribution < 1.29 is 18.4 Å². The lowest BCUT2D eigenvalue weighted by Gasteiger charge is -2.36. The van der Waals surface area contributed by atoms with Gasteiger partial charge in [0.05, 0.1) is 5.69 Å². The lowest BCUT2D eigenvalue weighted by molar-refractivity contribution is -0.132. The first kappa shape index (κ1) is 18.4. The summed E-state index contributed by atoms with van der Waals surface area (Å²) >= 11 is 0. The van der Waals surface area contributed by atoms with Gasteiger partial charge < -0.3 is 15.1 Å². The minimum Gasteiger partial charge on any atom is -0.368 e. The summed E-state index contributed by atoms with van der Waals surface area (Å²) in [4.78, 5) is 28.5. The maximum absolute atomic E-state index is 13.7. The number of carbonyl (C=O) groups is 2. The summed E-state index contributed by atoms with van der Waals surface area (Å²) in [5, 5.41) is 2.45. The third kappa shape index (κ3) is 3.98. The average molecular weight is 385 g/mol. The summed E-state index contributed by atoms with van der Waals surface area (Å²) in [6.07, 6.45) is 2.04. The zero-order valence-corrected chi connectivity index (χ0v) is 15.3. The van der Waals surface area contributed by atoms with Gasteiger partial charge in [0.1, 0.15) is 11.6 Å². The summed E-state index contributed by atoms with van der Waals surface area (Å²) in [5.74, 6) is -1.45. The Morgan fingerprint density at radius 2 is 1.61 bits per heavy atom. The Morgan fingerprint density at radius 1 is 0.929 bits per heavy atom. The van der Waals surface area contributed by atoms with Crippen molar-refractivity contribution in [1.29, 1.82) is 0 Å². The number of nitrogens with zero attached hydrogens (tertiary/aromatic N) is 2. The number of carbonyl (C=O) groups excluding carboxylic acids is 2. The fourth-order valence-electron chi connectivity index (χ4n) is 3.38. The van der Waals surface area contributed by atoms with Crippen molar-refractivity contribution in [3.8, 4) is 0 Å². The number of rotatable bonds is 4. The molecule has 1 N–H and O–H groups in total. The Labute approximate surface area is 161 Å². The molecule has 1 aliphatic heterocycles. The highest BCUT2D eigenvalue weighted by Gasteiger charge is 2.34. The summed E-state index contributed by atoms with van der Waals surface area (Å²) in [6, 6.07) is 10.0. The molecular formula is C21H21F2N3O2. The van der Waals surface area contributed by atoms with Gasteiger partial charge in [0.2, 0.25) is 5.91 Å². The molecule has 1 heterocycles. The Morgan fingerprint density at radius 3 is 2.21 bits per heavy atom. The van der Waals surface area contributed by atoms with E-state index in [0.717, 1.165) is 43.8 Å². The van der Waals surface area contributed by atoms with Crippen LogP contribution < -0.4 is 10.2 Å². The molecule has 5 nitrogen and oxygen atoms in total. The molecule has 4 rings (SSSR count). The molecule has 2 aliphatic rings. The van der Waals surface area contributed by atoms with Gasteiger partial charge in [-0.05, 0) is 49.2 Å². The summed E-state index contributed by atoms with van der Waals surface area (Å²) < 4.78 is 26.6. The van der Waals surface area contributed by atoms with E-state index in [-0.39, 0.29) is 17.5 Å². The highest BCUT2D eigenvalue weighted by atomic mass is 19.1. The molecule has 28 heavy (non-hydrogen) atoms. The SMILES string of the molecule is O=C(Nc1ccc(F)cc1F)c1ccc(N2CCN(C(=O)C3CC3)CC2)cc1. The van der Waals surface area contributed by atoms with Crippen LogP contribution in [0.15, 0.2) is 42.5 Å². The predicted molar refractivity (Wildman–Crippen MR) is 102 cm³/mol. The topological polar surface area (TPSA) is 52.7 Å². The van der Waals surface area contributed by atoms with Crippen LogP contribution in [0.2, 0.25) is 0 Å². The molecule has 0 atom stereocenters. The second kappa shape index (κ2) is 7.58. The molecule has 0 radical (unpaired) electrons. The largest absolute Gasteiger partial charge is 0.368 e. The predicted octanol–water partition coefficient (Wildman–Crippen LogP) is 3.28. The molecule has 1 saturated heterocycles. The van der Waals surface area contributed by atoms with E-state index in [2.05, 4.69) is 10.2 Å². The van der Waals surface area contributed by atoms with Crippen LogP contribution in [0.5, 0.6) is 0 Å². The van der Waals surface area contributed by atoms with Crippen molar-refractivity contribution in [1.82, 2.24) is 4.90 Å². The zero-order chi connectivity index (χ0) is 19.7. The number of hydrogen-bond acceptors (Lipinski definition) is 3. The van der Waals surface area contributed by atoms with Crippen LogP contribution in [0.25, 0.3) is 0 Å². The van der Waals surface area contributed by atoms with Crippen LogP contribution in [0, 0.1) is 17.6 Å². The minimum atomic E-state index is -0.816. The van der Waals surface area contributed by atoms with Crippen molar-refractivity contribution in [3.63, 3.8) is 0 Å². The van der Waals surface area contributed by atoms with Crippen molar-refractivity contribution in [2.24, 2.45) is 5.92 Å². The second-order valence-electron chi connectivity index (χ2n) is 7.21. The molecule has 2 fully saturated rings. The number of piperazine rings is 1. The smallest absolute Gasteiger partial charge is 0.255 e. The fraction of sp³-hybridized carbons (Fsp3) is 0.333. The van der Waals surface area contributed by atoms with E-state index in [0.29, 0.717) is 18.7 Å². The van der Waals surface area contributed by atoms with Crippen LogP contribution in [-0.4, -0.2) is 42.9 Å². The molecule has 0 aromatic heterocycles. The van der Waals surface area contributed by atoms with Gasteiger partial charge in [0, 0.05) is 49.4 Å². The van der Waals surface area contributed by atoms with E-state index < -0.39 is 17.5 Å². The van der Waals surface area contributed by atoms with Gasteiger partial charge in [0.15, 0.2) is 0 Å². The van der Waals surface area contributed by atoms with Gasteiger partial charge in [-0.2, -0.15) is 0 Å². The molecule has 146 valence electrons. The molecule has 1 aliphatic carbocycles. The Bertz CT molecular complexity index is 889. The molecular weight excluding hydrogens is 364 g/mol. The van der Waals surface area contributed by atoms with Gasteiger partial charge in [-0.1, -0.05) is 0 Å². The Hall–Kier alpha value is -2.96. The maximum Gasteiger partial charge on any atom is 0.255 e. The van der Waals surface area contributed by atoms with Gasteiger partial charge >= 0.3 is 0 Å². The third-order valence-electron chi connectivity index (χ3n) is 5.19. The van der Waals surface area contributed by atoms with Crippen LogP contribution in [-0.2, 0) is 4.79 Å². The minimum absolute atomic E-state index is 0.0630. The van der Waals surface area contributed by atoms with Gasteiger partial charge in [-0.25, -0.2) is 8.78 Å². The van der Waals surface area contributed by atoms with E-state index in [4.69, 9.17) is 0 Å². The first-order valence-electron chi connectivity index (χ1n) is 9.41. The summed E-state index contributed by atoms with van der Waals surface area (Å²) in [6.45, 7) is 2.93. The number of hydrogen-bond donors (Lipinski definition) is 1. The quantitative estimate of drug-likeness (QED) is 0.879. The van der Waals surface area contributed by atoms with Gasteiger partial charge in [0.25, 0.3) is 5.91 Å². The molecule has 0 bridgehead atoms. The lowest BCUT2D eigenvalue weighted by Crippen LogP contribution is -2.49. The number of nitrogens with one attached hydrogen (secondary N) is 1. The molecule has 1 saturated carbocycles. The number of halogens is 2. The normalized spacial score (nSPS) is 16.8. The van der Waals surface area contributed by atoms with Crippen LogP contribution >= 0.6 is 0 Å². The van der Waals surface area contributed by atoms with Gasteiger partial charge in [-0.3, -0.25) is 9.59 Å². The number of benzene rings is 2. The molecule has 2 aromatic carbocycles. The Kier molecular flexibility index (Phi) is 4.98. The second-order valence-corrected chi connectivity index (χ2v) is 7.21. The molecule has 7 heteroatoms. The monoisotopic (exact) mass is 385 g/mol. The maximum atomic E-state index is 13.7. The summed E-state index contributed by atoms with van der Waals surface area (Å²) in [7, 11) is 0. The molecule has 0 unspecified atom stereocenters. The van der Waals surface area contributed by atoms with Crippen molar-refractivity contribution in [2.75, 3.05) is 36.4 Å². The first-order chi connectivity index (χ1) is 13.5. The van der Waals surface area contributed by atoms with Crippen molar-refractivity contribution in [2.45, 2.75) is 12.8 Å². The molecule has 0 spiro atoms. The third-order valence-corrected chi connectivity index (χ3v) is 5.19. The van der Waals surface area contributed by atoms with Crippen LogP contribution in [0.4, 0.5) is 20.2 Å². The van der Waals surface area contributed by atoms with Crippen LogP contribution in [0.1, 0.15) is 23.2 Å². The lowest BCUT2D eigenvalue weighted by atomic mass is 10.1. The highest BCUT2D eigenvalue weighted by Crippen LogP contribution is 2.31. The van der Waals surface area contributed by atoms with E-state index in [1.165, 1.54) is 6.07 Å². The number of amides is 2. The zero-order valence-electron chi connectivity index (χ0n) is 15.3.